The van der Waals surface area contributed by atoms with Gasteiger partial charge in [-0.15, -0.1) is 12.3 Å². The molecule has 0 aromatic carbocycles. The van der Waals surface area contributed by atoms with Crippen LogP contribution < -0.4 is 5.32 Å². The fourth-order valence-corrected chi connectivity index (χ4v) is 1.51. The summed E-state index contributed by atoms with van der Waals surface area (Å²) >= 11 is 0. The lowest BCUT2D eigenvalue weighted by molar-refractivity contribution is -0.137. The number of terminal acetylenes is 1. The maximum Gasteiger partial charge on any atom is 0.317 e. The van der Waals surface area contributed by atoms with Crippen LogP contribution in [0, 0.1) is 12.3 Å². The largest absolute Gasteiger partial charge is 0.481 e. The number of carbonyl (C=O) groups is 2. The van der Waals surface area contributed by atoms with E-state index in [9.17, 15) is 9.59 Å². The summed E-state index contributed by atoms with van der Waals surface area (Å²) in [7, 11) is 0. The molecule has 1 atom stereocenters. The average Bonchev–Trinajstić information content (AvgIpc) is 2.27. The fourth-order valence-electron chi connectivity index (χ4n) is 1.51. The zero-order valence-electron chi connectivity index (χ0n) is 11.3. The lowest BCUT2D eigenvalue weighted by atomic mass is 10.1. The minimum Gasteiger partial charge on any atom is -0.481 e. The van der Waals surface area contributed by atoms with Crippen molar-refractivity contribution in [1.82, 2.24) is 10.2 Å². The summed E-state index contributed by atoms with van der Waals surface area (Å²) in [6.07, 6.45) is 6.39. The standard InChI is InChI=1S/C13H22N2O3/c1-5-7-11(6-2)14-13(18)15(10(3)4)9-8-12(16)17/h1,10-11H,6-9H2,2-4H3,(H,14,18)(H,16,17). The number of carboxylic acids is 1. The van der Waals surface area contributed by atoms with Crippen molar-refractivity contribution in [2.45, 2.75) is 52.1 Å². The van der Waals surface area contributed by atoms with E-state index in [1.807, 2.05) is 20.8 Å². The number of hydrogen-bond donors (Lipinski definition) is 2. The van der Waals surface area contributed by atoms with Crippen LogP contribution in [0.1, 0.15) is 40.0 Å². The molecule has 0 bridgehead atoms. The van der Waals surface area contributed by atoms with Crippen molar-refractivity contribution in [1.29, 1.82) is 0 Å². The van der Waals surface area contributed by atoms with Crippen LogP contribution in [0.15, 0.2) is 0 Å². The van der Waals surface area contributed by atoms with Gasteiger partial charge in [0.2, 0.25) is 0 Å². The summed E-state index contributed by atoms with van der Waals surface area (Å²) in [6.45, 7) is 5.84. The average molecular weight is 254 g/mol. The molecule has 0 aliphatic carbocycles. The van der Waals surface area contributed by atoms with Gasteiger partial charge in [0.25, 0.3) is 0 Å². The number of urea groups is 1. The molecule has 2 N–H and O–H groups in total. The van der Waals surface area contributed by atoms with Crippen LogP contribution in [0.2, 0.25) is 0 Å². The van der Waals surface area contributed by atoms with Crippen molar-refractivity contribution < 1.29 is 14.7 Å². The molecule has 0 saturated heterocycles. The van der Waals surface area contributed by atoms with Gasteiger partial charge in [0, 0.05) is 25.0 Å². The van der Waals surface area contributed by atoms with Gasteiger partial charge in [0.05, 0.1) is 6.42 Å². The van der Waals surface area contributed by atoms with E-state index in [1.165, 1.54) is 4.90 Å². The lowest BCUT2D eigenvalue weighted by Crippen LogP contribution is -2.48. The Labute approximate surface area is 109 Å². The highest BCUT2D eigenvalue weighted by Gasteiger charge is 2.19. The first-order valence-electron chi connectivity index (χ1n) is 6.14. The quantitative estimate of drug-likeness (QED) is 0.679. The predicted octanol–water partition coefficient (Wildman–Crippen LogP) is 1.68. The monoisotopic (exact) mass is 254 g/mol. The Hall–Kier alpha value is -1.70. The molecular formula is C13H22N2O3. The SMILES string of the molecule is C#CCC(CC)NC(=O)N(CCC(=O)O)C(C)C. The summed E-state index contributed by atoms with van der Waals surface area (Å²) in [5.74, 6) is 1.60. The van der Waals surface area contributed by atoms with Crippen LogP contribution in [0.4, 0.5) is 4.79 Å². The number of nitrogens with one attached hydrogen (secondary N) is 1. The second-order valence-corrected chi connectivity index (χ2v) is 4.39. The first kappa shape index (κ1) is 16.3. The molecule has 2 amide bonds. The second-order valence-electron chi connectivity index (χ2n) is 4.39. The molecule has 0 saturated carbocycles. The number of aliphatic carboxylic acids is 1. The summed E-state index contributed by atoms with van der Waals surface area (Å²) in [5, 5.41) is 11.5. The molecule has 0 fully saturated rings. The molecule has 1 unspecified atom stereocenters. The van der Waals surface area contributed by atoms with Crippen molar-refractivity contribution in [3.8, 4) is 12.3 Å². The number of nitrogens with zero attached hydrogens (tertiary/aromatic N) is 1. The molecule has 0 aliphatic rings. The third-order valence-electron chi connectivity index (χ3n) is 2.64. The van der Waals surface area contributed by atoms with Crippen LogP contribution in [0.5, 0.6) is 0 Å². The van der Waals surface area contributed by atoms with Gasteiger partial charge in [-0.1, -0.05) is 6.92 Å². The smallest absolute Gasteiger partial charge is 0.317 e. The van der Waals surface area contributed by atoms with Crippen LogP contribution in [-0.4, -0.2) is 40.6 Å². The first-order valence-corrected chi connectivity index (χ1v) is 6.14. The Morgan fingerprint density at radius 3 is 2.44 bits per heavy atom. The van der Waals surface area contributed by atoms with E-state index in [2.05, 4.69) is 11.2 Å². The predicted molar refractivity (Wildman–Crippen MR) is 70.2 cm³/mol. The molecule has 18 heavy (non-hydrogen) atoms. The van der Waals surface area contributed by atoms with E-state index in [1.54, 1.807) is 0 Å². The van der Waals surface area contributed by atoms with Gasteiger partial charge in [0.1, 0.15) is 0 Å². The van der Waals surface area contributed by atoms with Crippen LogP contribution in [0.3, 0.4) is 0 Å². The minimum absolute atomic E-state index is 0.0484. The van der Waals surface area contributed by atoms with E-state index in [-0.39, 0.29) is 31.1 Å². The molecule has 5 heteroatoms. The lowest BCUT2D eigenvalue weighted by Gasteiger charge is -2.28. The molecule has 0 aliphatic heterocycles. The summed E-state index contributed by atoms with van der Waals surface area (Å²) in [4.78, 5) is 24.0. The minimum atomic E-state index is -0.913. The maximum atomic E-state index is 12.0. The van der Waals surface area contributed by atoms with Crippen LogP contribution >= 0.6 is 0 Å². The van der Waals surface area contributed by atoms with Crippen molar-refractivity contribution >= 4 is 12.0 Å². The highest BCUT2D eigenvalue weighted by atomic mass is 16.4. The van der Waals surface area contributed by atoms with E-state index < -0.39 is 5.97 Å². The Morgan fingerprint density at radius 1 is 1.44 bits per heavy atom. The Bertz CT molecular complexity index is 321. The molecule has 5 nitrogen and oxygen atoms in total. The zero-order chi connectivity index (χ0) is 14.1. The number of hydrogen-bond acceptors (Lipinski definition) is 2. The van der Waals surface area contributed by atoms with Crippen molar-refractivity contribution in [2.75, 3.05) is 6.54 Å². The third-order valence-corrected chi connectivity index (χ3v) is 2.64. The molecule has 0 aromatic heterocycles. The van der Waals surface area contributed by atoms with E-state index in [0.29, 0.717) is 6.42 Å². The van der Waals surface area contributed by atoms with Gasteiger partial charge in [-0.2, -0.15) is 0 Å². The molecule has 0 spiro atoms. The number of amides is 2. The second kappa shape index (κ2) is 8.40. The Morgan fingerprint density at radius 2 is 2.06 bits per heavy atom. The topological polar surface area (TPSA) is 69.6 Å². The van der Waals surface area contributed by atoms with Gasteiger partial charge in [-0.05, 0) is 20.3 Å². The third kappa shape index (κ3) is 6.14. The van der Waals surface area contributed by atoms with Gasteiger partial charge >= 0.3 is 12.0 Å². The number of carboxylic acid groups (broad SMARTS) is 1. The Balaban J connectivity index is 4.47. The van der Waals surface area contributed by atoms with E-state index in [4.69, 9.17) is 11.5 Å². The van der Waals surface area contributed by atoms with Gasteiger partial charge < -0.3 is 15.3 Å². The summed E-state index contributed by atoms with van der Waals surface area (Å²) < 4.78 is 0. The fraction of sp³-hybridized carbons (Fsp3) is 0.692. The van der Waals surface area contributed by atoms with Crippen molar-refractivity contribution in [3.63, 3.8) is 0 Å². The number of rotatable bonds is 7. The molecule has 102 valence electrons. The van der Waals surface area contributed by atoms with Gasteiger partial charge in [0.15, 0.2) is 0 Å². The van der Waals surface area contributed by atoms with Crippen LogP contribution in [-0.2, 0) is 4.79 Å². The summed E-state index contributed by atoms with van der Waals surface area (Å²) in [5.41, 5.74) is 0. The van der Waals surface area contributed by atoms with Crippen molar-refractivity contribution in [3.05, 3.63) is 0 Å². The van der Waals surface area contributed by atoms with Crippen LogP contribution in [0.25, 0.3) is 0 Å². The van der Waals surface area contributed by atoms with Gasteiger partial charge in [-0.3, -0.25) is 4.79 Å². The maximum absolute atomic E-state index is 12.0. The molecule has 0 heterocycles. The highest BCUT2D eigenvalue weighted by molar-refractivity contribution is 5.76. The van der Waals surface area contributed by atoms with Crippen molar-refractivity contribution in [2.24, 2.45) is 0 Å². The van der Waals surface area contributed by atoms with E-state index >= 15 is 0 Å². The molecule has 0 rings (SSSR count). The highest BCUT2D eigenvalue weighted by Crippen LogP contribution is 2.04. The Kier molecular flexibility index (Phi) is 7.61. The van der Waals surface area contributed by atoms with Gasteiger partial charge in [-0.25, -0.2) is 4.79 Å². The molecule has 0 radical (unpaired) electrons. The van der Waals surface area contributed by atoms with E-state index in [0.717, 1.165) is 6.42 Å². The molecular weight excluding hydrogens is 232 g/mol. The molecule has 0 aromatic rings. The summed E-state index contributed by atoms with van der Waals surface area (Å²) in [6, 6.07) is -0.366. The zero-order valence-corrected chi connectivity index (χ0v) is 11.3. The first-order chi connectivity index (χ1) is 8.42. The normalized spacial score (nSPS) is 11.7. The number of carbonyl (C=O) groups excluding carboxylic acids is 1.